The topological polar surface area (TPSA) is 81.0 Å². The minimum Gasteiger partial charge on any atom is -0.496 e. The molecule has 1 amide bonds. The Balaban J connectivity index is 2.68. The smallest absolute Gasteiger partial charge is 0.268 e. The van der Waals surface area contributed by atoms with Crippen LogP contribution in [0.2, 0.25) is 0 Å². The van der Waals surface area contributed by atoms with E-state index < -0.39 is 5.91 Å². The lowest BCUT2D eigenvalue weighted by Gasteiger charge is -2.09. The number of nitrogens with two attached hydrogens (primary N) is 1. The van der Waals surface area contributed by atoms with Crippen LogP contribution in [-0.2, 0) is 0 Å². The largest absolute Gasteiger partial charge is 0.496 e. The molecular formula is C11H11N3O2. The van der Waals surface area contributed by atoms with E-state index in [9.17, 15) is 4.79 Å². The number of carbonyl (C=O) groups excluding carboxylic acids is 1. The van der Waals surface area contributed by atoms with Gasteiger partial charge in [-0.2, -0.15) is 0 Å². The van der Waals surface area contributed by atoms with Gasteiger partial charge in [-0.05, 0) is 18.2 Å². The maximum absolute atomic E-state index is 11.3. The van der Waals surface area contributed by atoms with Crippen LogP contribution >= 0.6 is 0 Å². The number of nitrogens with zero attached hydrogens (tertiary/aromatic N) is 1. The van der Waals surface area contributed by atoms with Gasteiger partial charge in [0.15, 0.2) is 0 Å². The summed E-state index contributed by atoms with van der Waals surface area (Å²) in [5, 5.41) is 0. The van der Waals surface area contributed by atoms with Crippen LogP contribution in [0.15, 0.2) is 30.6 Å². The molecule has 3 N–H and O–H groups in total. The SMILES string of the molecule is COc1ccnc(C(N)=O)c1-c1ccc[nH]1. The van der Waals surface area contributed by atoms with Crippen LogP contribution in [0, 0.1) is 0 Å². The van der Waals surface area contributed by atoms with Gasteiger partial charge in [-0.3, -0.25) is 9.78 Å². The number of carbonyl (C=O) groups is 1. The van der Waals surface area contributed by atoms with Crippen molar-refractivity contribution in [1.82, 2.24) is 9.97 Å². The number of pyridine rings is 1. The van der Waals surface area contributed by atoms with Crippen molar-refractivity contribution in [3.8, 4) is 17.0 Å². The molecule has 0 spiro atoms. The van der Waals surface area contributed by atoms with Crippen molar-refractivity contribution >= 4 is 5.91 Å². The molecule has 0 atom stereocenters. The van der Waals surface area contributed by atoms with Gasteiger partial charge >= 0.3 is 0 Å². The van der Waals surface area contributed by atoms with Crippen LogP contribution in [0.5, 0.6) is 5.75 Å². The number of hydrogen-bond donors (Lipinski definition) is 2. The molecule has 2 aromatic heterocycles. The number of aromatic nitrogens is 2. The van der Waals surface area contributed by atoms with Crippen LogP contribution in [0.25, 0.3) is 11.3 Å². The van der Waals surface area contributed by atoms with Crippen molar-refractivity contribution in [1.29, 1.82) is 0 Å². The molecule has 0 saturated heterocycles. The maximum atomic E-state index is 11.3. The van der Waals surface area contributed by atoms with Crippen molar-refractivity contribution in [2.45, 2.75) is 0 Å². The first kappa shape index (κ1) is 10.2. The number of amides is 1. The van der Waals surface area contributed by atoms with Crippen LogP contribution in [0.4, 0.5) is 0 Å². The maximum Gasteiger partial charge on any atom is 0.268 e. The summed E-state index contributed by atoms with van der Waals surface area (Å²) >= 11 is 0. The summed E-state index contributed by atoms with van der Waals surface area (Å²) in [6, 6.07) is 5.33. The highest BCUT2D eigenvalue weighted by molar-refractivity contribution is 5.98. The van der Waals surface area contributed by atoms with Crippen LogP contribution in [0.1, 0.15) is 10.5 Å². The number of nitrogens with one attached hydrogen (secondary N) is 1. The molecule has 16 heavy (non-hydrogen) atoms. The van der Waals surface area contributed by atoms with Crippen LogP contribution < -0.4 is 10.5 Å². The number of methoxy groups -OCH3 is 1. The molecule has 0 bridgehead atoms. The predicted octanol–water partition coefficient (Wildman–Crippen LogP) is 1.18. The first-order valence-corrected chi connectivity index (χ1v) is 4.70. The lowest BCUT2D eigenvalue weighted by molar-refractivity contribution is 0.0996. The van der Waals surface area contributed by atoms with Gasteiger partial charge in [0, 0.05) is 12.4 Å². The number of primary amides is 1. The first-order valence-electron chi connectivity index (χ1n) is 4.70. The van der Waals surface area contributed by atoms with E-state index in [1.54, 1.807) is 12.3 Å². The van der Waals surface area contributed by atoms with E-state index >= 15 is 0 Å². The van der Waals surface area contributed by atoms with Gasteiger partial charge < -0.3 is 15.5 Å². The third-order valence-corrected chi connectivity index (χ3v) is 2.23. The van der Waals surface area contributed by atoms with Gasteiger partial charge in [0.2, 0.25) is 0 Å². The molecule has 0 aromatic carbocycles. The van der Waals surface area contributed by atoms with Crippen molar-refractivity contribution in [3.05, 3.63) is 36.3 Å². The average Bonchev–Trinajstić information content (AvgIpc) is 2.81. The summed E-state index contributed by atoms with van der Waals surface area (Å²) in [7, 11) is 1.53. The Hall–Kier alpha value is -2.30. The number of rotatable bonds is 3. The molecule has 82 valence electrons. The average molecular weight is 217 g/mol. The summed E-state index contributed by atoms with van der Waals surface area (Å²) < 4.78 is 5.19. The molecule has 0 radical (unpaired) electrons. The van der Waals surface area contributed by atoms with E-state index in [0.717, 1.165) is 5.69 Å². The number of ether oxygens (including phenoxy) is 1. The van der Waals surface area contributed by atoms with E-state index in [1.807, 2.05) is 12.1 Å². The summed E-state index contributed by atoms with van der Waals surface area (Å²) in [5.74, 6) is -0.0187. The standard InChI is InChI=1S/C11H11N3O2/c1-16-8-4-6-14-10(11(12)15)9(8)7-3-2-5-13-7/h2-6,13H,1H3,(H2,12,15). The highest BCUT2D eigenvalue weighted by atomic mass is 16.5. The number of hydrogen-bond acceptors (Lipinski definition) is 3. The van der Waals surface area contributed by atoms with Gasteiger partial charge in [-0.1, -0.05) is 0 Å². The Morgan fingerprint density at radius 3 is 2.88 bits per heavy atom. The van der Waals surface area contributed by atoms with E-state index in [4.69, 9.17) is 10.5 Å². The lowest BCUT2D eigenvalue weighted by atomic mass is 10.1. The van der Waals surface area contributed by atoms with Crippen LogP contribution in [-0.4, -0.2) is 23.0 Å². The fraction of sp³-hybridized carbons (Fsp3) is 0.0909. The van der Waals surface area contributed by atoms with Gasteiger partial charge in [0.25, 0.3) is 5.91 Å². The Kier molecular flexibility index (Phi) is 2.59. The molecule has 0 aliphatic carbocycles. The van der Waals surface area contributed by atoms with Gasteiger partial charge in [0.1, 0.15) is 11.4 Å². The summed E-state index contributed by atoms with van der Waals surface area (Å²) in [6.07, 6.45) is 3.25. The predicted molar refractivity (Wildman–Crippen MR) is 59.1 cm³/mol. The Bertz CT molecular complexity index is 506. The fourth-order valence-electron chi connectivity index (χ4n) is 1.55. The van der Waals surface area contributed by atoms with Crippen molar-refractivity contribution in [2.75, 3.05) is 7.11 Å². The fourth-order valence-corrected chi connectivity index (χ4v) is 1.55. The minimum absolute atomic E-state index is 0.196. The second kappa shape index (κ2) is 4.06. The Labute approximate surface area is 92.3 Å². The van der Waals surface area contributed by atoms with E-state index in [1.165, 1.54) is 13.3 Å². The Morgan fingerprint density at radius 1 is 1.50 bits per heavy atom. The Morgan fingerprint density at radius 2 is 2.31 bits per heavy atom. The summed E-state index contributed by atoms with van der Waals surface area (Å²) in [5.41, 5.74) is 6.80. The number of H-pyrrole nitrogens is 1. The van der Waals surface area contributed by atoms with E-state index in [2.05, 4.69) is 9.97 Å². The molecule has 5 heteroatoms. The molecule has 2 heterocycles. The summed E-state index contributed by atoms with van der Waals surface area (Å²) in [4.78, 5) is 18.2. The van der Waals surface area contributed by atoms with Crippen molar-refractivity contribution in [3.63, 3.8) is 0 Å². The monoisotopic (exact) mass is 217 g/mol. The van der Waals surface area contributed by atoms with Gasteiger partial charge in [-0.15, -0.1) is 0 Å². The zero-order valence-corrected chi connectivity index (χ0v) is 8.73. The molecule has 5 nitrogen and oxygen atoms in total. The number of aromatic amines is 1. The lowest BCUT2D eigenvalue weighted by Crippen LogP contribution is -2.15. The highest BCUT2D eigenvalue weighted by Gasteiger charge is 2.16. The highest BCUT2D eigenvalue weighted by Crippen LogP contribution is 2.30. The molecule has 0 saturated carbocycles. The second-order valence-corrected chi connectivity index (χ2v) is 3.18. The third-order valence-electron chi connectivity index (χ3n) is 2.23. The van der Waals surface area contributed by atoms with Gasteiger partial charge in [-0.25, -0.2) is 0 Å². The van der Waals surface area contributed by atoms with Crippen molar-refractivity contribution < 1.29 is 9.53 Å². The zero-order chi connectivity index (χ0) is 11.5. The molecular weight excluding hydrogens is 206 g/mol. The van der Waals surface area contributed by atoms with Gasteiger partial charge in [0.05, 0.1) is 18.4 Å². The van der Waals surface area contributed by atoms with Crippen molar-refractivity contribution in [2.24, 2.45) is 5.73 Å². The molecule has 2 aromatic rings. The molecule has 0 unspecified atom stereocenters. The van der Waals surface area contributed by atoms with E-state index in [-0.39, 0.29) is 5.69 Å². The normalized spacial score (nSPS) is 10.1. The molecule has 0 fully saturated rings. The second-order valence-electron chi connectivity index (χ2n) is 3.18. The molecule has 0 aliphatic heterocycles. The minimum atomic E-state index is -0.580. The summed E-state index contributed by atoms with van der Waals surface area (Å²) in [6.45, 7) is 0. The first-order chi connectivity index (χ1) is 7.74. The van der Waals surface area contributed by atoms with Crippen LogP contribution in [0.3, 0.4) is 0 Å². The molecule has 0 aliphatic rings. The zero-order valence-electron chi connectivity index (χ0n) is 8.73. The molecule has 2 rings (SSSR count). The third kappa shape index (κ3) is 1.63. The van der Waals surface area contributed by atoms with E-state index in [0.29, 0.717) is 11.3 Å². The quantitative estimate of drug-likeness (QED) is 0.810.